The first-order chi connectivity index (χ1) is 7.75. The van der Waals surface area contributed by atoms with Crippen molar-refractivity contribution < 1.29 is 4.74 Å². The van der Waals surface area contributed by atoms with Gasteiger partial charge in [0.2, 0.25) is 0 Å². The highest BCUT2D eigenvalue weighted by atomic mass is 16.5. The standard InChI is InChI=1S/C11H16N4O/c1-10(2)15-9-11(8-13-15)16-7-6-14-5-3-4-12-14/h3-5,8-10H,6-7H2,1-2H3. The van der Waals surface area contributed by atoms with Crippen LogP contribution in [-0.2, 0) is 6.54 Å². The van der Waals surface area contributed by atoms with E-state index >= 15 is 0 Å². The van der Waals surface area contributed by atoms with Crippen LogP contribution in [0, 0.1) is 0 Å². The molecule has 2 aromatic heterocycles. The van der Waals surface area contributed by atoms with Crippen LogP contribution in [0.1, 0.15) is 19.9 Å². The van der Waals surface area contributed by atoms with Crippen LogP contribution < -0.4 is 4.74 Å². The van der Waals surface area contributed by atoms with Gasteiger partial charge in [-0.1, -0.05) is 0 Å². The summed E-state index contributed by atoms with van der Waals surface area (Å²) in [5, 5.41) is 8.30. The molecule has 0 unspecified atom stereocenters. The van der Waals surface area contributed by atoms with Crippen molar-refractivity contribution in [3.63, 3.8) is 0 Å². The maximum absolute atomic E-state index is 5.57. The third-order valence-electron chi connectivity index (χ3n) is 2.26. The zero-order valence-corrected chi connectivity index (χ0v) is 9.58. The zero-order valence-electron chi connectivity index (χ0n) is 9.58. The maximum Gasteiger partial charge on any atom is 0.157 e. The molecule has 0 bridgehead atoms. The lowest BCUT2D eigenvalue weighted by Crippen LogP contribution is -2.08. The Kier molecular flexibility index (Phi) is 3.24. The highest BCUT2D eigenvalue weighted by Gasteiger charge is 2.02. The number of ether oxygens (including phenoxy) is 1. The van der Waals surface area contributed by atoms with Crippen LogP contribution in [0.5, 0.6) is 5.75 Å². The van der Waals surface area contributed by atoms with Gasteiger partial charge < -0.3 is 4.74 Å². The highest BCUT2D eigenvalue weighted by Crippen LogP contribution is 2.12. The molecule has 2 aromatic rings. The lowest BCUT2D eigenvalue weighted by molar-refractivity contribution is 0.290. The Morgan fingerprint density at radius 3 is 2.88 bits per heavy atom. The molecule has 0 spiro atoms. The molecule has 2 rings (SSSR count). The normalized spacial score (nSPS) is 10.9. The van der Waals surface area contributed by atoms with Crippen LogP contribution in [0.25, 0.3) is 0 Å². The molecule has 0 aromatic carbocycles. The fourth-order valence-corrected chi connectivity index (χ4v) is 1.37. The Hall–Kier alpha value is -1.78. The molecule has 0 fully saturated rings. The van der Waals surface area contributed by atoms with E-state index in [4.69, 9.17) is 4.74 Å². The molecule has 16 heavy (non-hydrogen) atoms. The summed E-state index contributed by atoms with van der Waals surface area (Å²) in [6, 6.07) is 2.26. The van der Waals surface area contributed by atoms with E-state index in [9.17, 15) is 0 Å². The average molecular weight is 220 g/mol. The number of nitrogens with zero attached hydrogens (tertiary/aromatic N) is 4. The molecule has 0 aliphatic rings. The summed E-state index contributed by atoms with van der Waals surface area (Å²) in [7, 11) is 0. The fraction of sp³-hybridized carbons (Fsp3) is 0.455. The van der Waals surface area contributed by atoms with E-state index in [1.54, 1.807) is 12.4 Å². The van der Waals surface area contributed by atoms with Crippen molar-refractivity contribution >= 4 is 0 Å². The smallest absolute Gasteiger partial charge is 0.157 e. The van der Waals surface area contributed by atoms with Crippen molar-refractivity contribution in [1.82, 2.24) is 19.6 Å². The fourth-order valence-electron chi connectivity index (χ4n) is 1.37. The van der Waals surface area contributed by atoms with E-state index < -0.39 is 0 Å². The van der Waals surface area contributed by atoms with Gasteiger partial charge in [0.15, 0.2) is 5.75 Å². The maximum atomic E-state index is 5.57. The SMILES string of the molecule is CC(C)n1cc(OCCn2cccn2)cn1. The molecule has 0 saturated heterocycles. The summed E-state index contributed by atoms with van der Waals surface area (Å²) in [6.45, 7) is 5.52. The quantitative estimate of drug-likeness (QED) is 0.771. The monoisotopic (exact) mass is 220 g/mol. The minimum Gasteiger partial charge on any atom is -0.488 e. The molecule has 86 valence electrons. The van der Waals surface area contributed by atoms with Gasteiger partial charge in [0.05, 0.1) is 18.9 Å². The lowest BCUT2D eigenvalue weighted by atomic mass is 10.4. The van der Waals surface area contributed by atoms with Crippen LogP contribution in [0.3, 0.4) is 0 Å². The summed E-state index contributed by atoms with van der Waals surface area (Å²) in [5.41, 5.74) is 0. The van der Waals surface area contributed by atoms with E-state index in [1.165, 1.54) is 0 Å². The van der Waals surface area contributed by atoms with Crippen LogP contribution in [0.2, 0.25) is 0 Å². The van der Waals surface area contributed by atoms with E-state index in [0.29, 0.717) is 12.6 Å². The zero-order chi connectivity index (χ0) is 11.4. The first kappa shape index (κ1) is 10.7. The second-order valence-electron chi connectivity index (χ2n) is 3.87. The molecule has 0 atom stereocenters. The third-order valence-corrected chi connectivity index (χ3v) is 2.26. The Morgan fingerprint density at radius 1 is 1.38 bits per heavy atom. The molecule has 0 amide bonds. The molecule has 5 nitrogen and oxygen atoms in total. The van der Waals surface area contributed by atoms with Crippen LogP contribution in [0.4, 0.5) is 0 Å². The molecule has 0 aliphatic carbocycles. The van der Waals surface area contributed by atoms with Crippen LogP contribution >= 0.6 is 0 Å². The average Bonchev–Trinajstić information content (AvgIpc) is 2.87. The van der Waals surface area contributed by atoms with Crippen molar-refractivity contribution in [2.24, 2.45) is 0 Å². The first-order valence-corrected chi connectivity index (χ1v) is 5.40. The Bertz CT molecular complexity index is 419. The number of rotatable bonds is 5. The Morgan fingerprint density at radius 2 is 2.25 bits per heavy atom. The molecular formula is C11H16N4O. The van der Waals surface area contributed by atoms with E-state index in [2.05, 4.69) is 24.0 Å². The van der Waals surface area contributed by atoms with Crippen molar-refractivity contribution in [2.45, 2.75) is 26.4 Å². The minimum absolute atomic E-state index is 0.364. The van der Waals surface area contributed by atoms with Crippen LogP contribution in [0.15, 0.2) is 30.9 Å². The molecule has 0 N–H and O–H groups in total. The summed E-state index contributed by atoms with van der Waals surface area (Å²) in [4.78, 5) is 0. The summed E-state index contributed by atoms with van der Waals surface area (Å²) in [5.74, 6) is 0.806. The minimum atomic E-state index is 0.364. The second-order valence-corrected chi connectivity index (χ2v) is 3.87. The molecule has 5 heteroatoms. The van der Waals surface area contributed by atoms with Gasteiger partial charge in [-0.3, -0.25) is 9.36 Å². The van der Waals surface area contributed by atoms with Crippen molar-refractivity contribution in [1.29, 1.82) is 0 Å². The summed E-state index contributed by atoms with van der Waals surface area (Å²) in [6.07, 6.45) is 7.33. The third kappa shape index (κ3) is 2.62. The predicted molar refractivity (Wildman–Crippen MR) is 60.3 cm³/mol. The summed E-state index contributed by atoms with van der Waals surface area (Å²) >= 11 is 0. The topological polar surface area (TPSA) is 44.9 Å². The predicted octanol–water partition coefficient (Wildman–Crippen LogP) is 1.74. The van der Waals surface area contributed by atoms with Gasteiger partial charge in [-0.15, -0.1) is 0 Å². The van der Waals surface area contributed by atoms with E-state index in [0.717, 1.165) is 12.3 Å². The van der Waals surface area contributed by atoms with Gasteiger partial charge in [0.25, 0.3) is 0 Å². The largest absolute Gasteiger partial charge is 0.488 e. The van der Waals surface area contributed by atoms with Gasteiger partial charge in [-0.2, -0.15) is 10.2 Å². The van der Waals surface area contributed by atoms with Crippen LogP contribution in [-0.4, -0.2) is 26.2 Å². The van der Waals surface area contributed by atoms with Gasteiger partial charge in [-0.05, 0) is 19.9 Å². The summed E-state index contributed by atoms with van der Waals surface area (Å²) < 4.78 is 9.28. The Balaban J connectivity index is 1.81. The van der Waals surface area contributed by atoms with Gasteiger partial charge in [-0.25, -0.2) is 0 Å². The van der Waals surface area contributed by atoms with Gasteiger partial charge >= 0.3 is 0 Å². The molecule has 0 radical (unpaired) electrons. The Labute approximate surface area is 94.6 Å². The lowest BCUT2D eigenvalue weighted by Gasteiger charge is -2.04. The first-order valence-electron chi connectivity index (χ1n) is 5.40. The van der Waals surface area contributed by atoms with E-state index in [1.807, 2.05) is 27.8 Å². The van der Waals surface area contributed by atoms with Crippen molar-refractivity contribution in [2.75, 3.05) is 6.61 Å². The number of aromatic nitrogens is 4. The molecule has 0 aliphatic heterocycles. The molecule has 0 saturated carbocycles. The van der Waals surface area contributed by atoms with E-state index in [-0.39, 0.29) is 0 Å². The van der Waals surface area contributed by atoms with Crippen molar-refractivity contribution in [3.8, 4) is 5.75 Å². The molecular weight excluding hydrogens is 204 g/mol. The van der Waals surface area contributed by atoms with Gasteiger partial charge in [0.1, 0.15) is 6.61 Å². The van der Waals surface area contributed by atoms with Gasteiger partial charge in [0, 0.05) is 18.4 Å². The second kappa shape index (κ2) is 4.83. The number of hydrogen-bond donors (Lipinski definition) is 0. The van der Waals surface area contributed by atoms with Crippen molar-refractivity contribution in [3.05, 3.63) is 30.9 Å². The molecule has 2 heterocycles. The number of hydrogen-bond acceptors (Lipinski definition) is 3. The highest BCUT2D eigenvalue weighted by molar-refractivity contribution is 5.11.